The molecule has 1 saturated heterocycles. The highest BCUT2D eigenvalue weighted by Gasteiger charge is 2.37. The molecule has 2 aliphatic rings. The highest BCUT2D eigenvalue weighted by molar-refractivity contribution is 9.10. The van der Waals surface area contributed by atoms with Gasteiger partial charge in [0.15, 0.2) is 5.17 Å². The summed E-state index contributed by atoms with van der Waals surface area (Å²) in [6.45, 7) is 2.72. The first-order chi connectivity index (χ1) is 18.0. The number of nitrogens with one attached hydrogen (secondary N) is 3. The Bertz CT molecular complexity index is 1360. The lowest BCUT2D eigenvalue weighted by molar-refractivity contribution is -0.113. The van der Waals surface area contributed by atoms with Gasteiger partial charge in [0.2, 0.25) is 0 Å². The smallest absolute Gasteiger partial charge is 0.323 e. The number of fused-ring (bicyclic) bond motifs is 1. The monoisotopic (exact) mass is 575 g/mol. The molecule has 1 atom stereocenters. The number of amides is 3. The van der Waals surface area contributed by atoms with E-state index in [1.165, 1.54) is 0 Å². The zero-order valence-corrected chi connectivity index (χ0v) is 22.6. The molecule has 0 saturated carbocycles. The number of carbonyl (C=O) groups excluding carboxylic acids is 2. The van der Waals surface area contributed by atoms with Crippen molar-refractivity contribution in [3.05, 3.63) is 100 Å². The summed E-state index contributed by atoms with van der Waals surface area (Å²) >= 11 is 5.11. The molecule has 5 rings (SSSR count). The fraction of sp³-hybridized carbons (Fsp3) is 0.179. The molecule has 0 aromatic heterocycles. The number of carbonyl (C=O) groups is 2. The predicted molar refractivity (Wildman–Crippen MR) is 155 cm³/mol. The van der Waals surface area contributed by atoms with Crippen LogP contribution in [-0.2, 0) is 4.79 Å². The summed E-state index contributed by atoms with van der Waals surface area (Å²) < 4.78 is 0.943. The number of anilines is 3. The maximum Gasteiger partial charge on any atom is 0.323 e. The molecule has 2 aliphatic heterocycles. The van der Waals surface area contributed by atoms with Gasteiger partial charge in [-0.25, -0.2) is 9.79 Å². The maximum atomic E-state index is 13.5. The van der Waals surface area contributed by atoms with Crippen LogP contribution in [0.4, 0.5) is 21.9 Å². The first-order valence-corrected chi connectivity index (χ1v) is 13.7. The molecule has 0 radical (unpaired) electrons. The number of amidine groups is 1. The van der Waals surface area contributed by atoms with Gasteiger partial charge in [0.25, 0.3) is 5.91 Å². The van der Waals surface area contributed by atoms with Gasteiger partial charge in [0.1, 0.15) is 0 Å². The van der Waals surface area contributed by atoms with E-state index in [0.29, 0.717) is 16.9 Å². The van der Waals surface area contributed by atoms with E-state index in [0.717, 1.165) is 45.3 Å². The lowest BCUT2D eigenvalue weighted by atomic mass is 9.93. The summed E-state index contributed by atoms with van der Waals surface area (Å²) in [5.74, 6) is 0.847. The Morgan fingerprint density at radius 1 is 0.892 bits per heavy atom. The van der Waals surface area contributed by atoms with Crippen molar-refractivity contribution in [1.29, 1.82) is 0 Å². The molecule has 3 N–H and O–H groups in total. The number of aliphatic imine (C=N–C) groups is 1. The minimum atomic E-state index is -0.326. The highest BCUT2D eigenvalue weighted by atomic mass is 79.9. The van der Waals surface area contributed by atoms with Gasteiger partial charge in [0.05, 0.1) is 17.3 Å². The first kappa shape index (κ1) is 25.1. The Hall–Kier alpha value is -3.56. The number of thioether (sulfide) groups is 1. The second-order valence-electron chi connectivity index (χ2n) is 8.72. The zero-order valence-electron chi connectivity index (χ0n) is 20.2. The van der Waals surface area contributed by atoms with Crippen LogP contribution in [-0.4, -0.2) is 34.3 Å². The third-order valence-electron chi connectivity index (χ3n) is 6.12. The molecule has 9 heteroatoms. The van der Waals surface area contributed by atoms with Crippen LogP contribution in [0.15, 0.2) is 99.6 Å². The lowest BCUT2D eigenvalue weighted by Gasteiger charge is -2.40. The van der Waals surface area contributed by atoms with Crippen LogP contribution < -0.4 is 16.0 Å². The van der Waals surface area contributed by atoms with Gasteiger partial charge in [-0.15, -0.1) is 0 Å². The number of nitrogens with zero attached hydrogens (tertiary/aromatic N) is 2. The van der Waals surface area contributed by atoms with Crippen LogP contribution in [0.1, 0.15) is 24.9 Å². The molecule has 3 aromatic carbocycles. The van der Waals surface area contributed by atoms with Gasteiger partial charge in [-0.05, 0) is 67.4 Å². The summed E-state index contributed by atoms with van der Waals surface area (Å²) in [6.07, 6.45) is 1.02. The molecule has 37 heavy (non-hydrogen) atoms. The van der Waals surface area contributed by atoms with E-state index in [1.54, 1.807) is 11.8 Å². The normalized spacial score (nSPS) is 17.0. The number of halogens is 1. The number of rotatable bonds is 5. The number of allylic oxidation sites excluding steroid dienone is 1. The molecule has 3 aromatic rings. The van der Waals surface area contributed by atoms with Crippen molar-refractivity contribution in [3.8, 4) is 0 Å². The van der Waals surface area contributed by atoms with E-state index in [1.807, 2.05) is 85.8 Å². The fourth-order valence-electron chi connectivity index (χ4n) is 4.40. The Morgan fingerprint density at radius 2 is 1.51 bits per heavy atom. The summed E-state index contributed by atoms with van der Waals surface area (Å²) in [6, 6.07) is 23.9. The molecule has 0 bridgehead atoms. The number of benzene rings is 3. The molecular formula is C28H26BrN5O2S. The van der Waals surface area contributed by atoms with Crippen molar-refractivity contribution in [3.63, 3.8) is 0 Å². The lowest BCUT2D eigenvalue weighted by Crippen LogP contribution is -2.43. The molecule has 188 valence electrons. The molecule has 0 spiro atoms. The predicted octanol–water partition coefficient (Wildman–Crippen LogP) is 6.86. The third kappa shape index (κ3) is 5.89. The summed E-state index contributed by atoms with van der Waals surface area (Å²) in [7, 11) is 0. The van der Waals surface area contributed by atoms with Gasteiger partial charge in [-0.2, -0.15) is 0 Å². The van der Waals surface area contributed by atoms with Gasteiger partial charge in [-0.1, -0.05) is 58.0 Å². The maximum absolute atomic E-state index is 13.5. The quantitative estimate of drug-likeness (QED) is 0.310. The largest absolute Gasteiger partial charge is 0.340 e. The van der Waals surface area contributed by atoms with E-state index < -0.39 is 0 Å². The number of hydrogen-bond donors (Lipinski definition) is 3. The van der Waals surface area contributed by atoms with E-state index in [4.69, 9.17) is 4.99 Å². The Balaban J connectivity index is 1.37. The SMILES string of the molecule is CC1=C(C(=O)Nc2ccccc2)[C@H](c2ccc(NC(=O)Nc3ccc(Br)cc3)cc2)N2CCCSC2=N1. The van der Waals surface area contributed by atoms with Crippen LogP contribution in [0.5, 0.6) is 0 Å². The number of urea groups is 1. The summed E-state index contributed by atoms with van der Waals surface area (Å²) in [5.41, 5.74) is 4.41. The van der Waals surface area contributed by atoms with E-state index in [9.17, 15) is 9.59 Å². The van der Waals surface area contributed by atoms with Crippen molar-refractivity contribution < 1.29 is 9.59 Å². The highest BCUT2D eigenvalue weighted by Crippen LogP contribution is 2.40. The third-order valence-corrected chi connectivity index (χ3v) is 7.73. The molecule has 7 nitrogen and oxygen atoms in total. The number of hydrogen-bond acceptors (Lipinski definition) is 5. The molecule has 0 aliphatic carbocycles. The van der Waals surface area contributed by atoms with Crippen molar-refractivity contribution in [1.82, 2.24) is 4.90 Å². The Kier molecular flexibility index (Phi) is 7.62. The second-order valence-corrected chi connectivity index (χ2v) is 10.7. The van der Waals surface area contributed by atoms with Gasteiger partial charge >= 0.3 is 6.03 Å². The number of para-hydroxylation sites is 1. The zero-order chi connectivity index (χ0) is 25.8. The van der Waals surface area contributed by atoms with Crippen molar-refractivity contribution in [2.24, 2.45) is 4.99 Å². The molecule has 3 amide bonds. The average Bonchev–Trinajstić information content (AvgIpc) is 2.90. The second kappa shape index (κ2) is 11.2. The van der Waals surface area contributed by atoms with Crippen molar-refractivity contribution in [2.45, 2.75) is 19.4 Å². The van der Waals surface area contributed by atoms with E-state index in [-0.39, 0.29) is 18.0 Å². The summed E-state index contributed by atoms with van der Waals surface area (Å²) in [4.78, 5) is 33.0. The van der Waals surface area contributed by atoms with E-state index in [2.05, 4.69) is 36.8 Å². The first-order valence-electron chi connectivity index (χ1n) is 12.0. The van der Waals surface area contributed by atoms with Crippen LogP contribution in [0.3, 0.4) is 0 Å². The molecular weight excluding hydrogens is 550 g/mol. The van der Waals surface area contributed by atoms with Gasteiger partial charge in [-0.3, -0.25) is 4.79 Å². The van der Waals surface area contributed by atoms with Gasteiger partial charge < -0.3 is 20.9 Å². The minimum absolute atomic E-state index is 0.164. The van der Waals surface area contributed by atoms with Crippen LogP contribution in [0.25, 0.3) is 0 Å². The topological polar surface area (TPSA) is 85.8 Å². The van der Waals surface area contributed by atoms with Crippen LogP contribution in [0, 0.1) is 0 Å². The fourth-order valence-corrected chi connectivity index (χ4v) is 5.69. The summed E-state index contributed by atoms with van der Waals surface area (Å²) in [5, 5.41) is 9.68. The Labute approximate surface area is 228 Å². The average molecular weight is 577 g/mol. The molecule has 1 fully saturated rings. The Morgan fingerprint density at radius 3 is 2.19 bits per heavy atom. The standard InChI is InChI=1S/C28H26BrN5O2S/c1-18-24(26(35)31-21-6-3-2-4-7-21)25(34-16-5-17-37-28(34)30-18)19-8-12-22(13-9-19)32-27(36)33-23-14-10-20(29)11-15-23/h2-4,6-15,25H,5,16-17H2,1H3,(H,31,35)(H2,32,33,36)/t25-/m0/s1. The van der Waals surface area contributed by atoms with Crippen molar-refractivity contribution in [2.75, 3.05) is 28.2 Å². The van der Waals surface area contributed by atoms with Crippen LogP contribution >= 0.6 is 27.7 Å². The molecule has 0 unspecified atom stereocenters. The van der Waals surface area contributed by atoms with E-state index >= 15 is 0 Å². The molecule has 2 heterocycles. The minimum Gasteiger partial charge on any atom is -0.340 e. The van der Waals surface area contributed by atoms with Crippen LogP contribution in [0.2, 0.25) is 0 Å². The van der Waals surface area contributed by atoms with Crippen molar-refractivity contribution >= 4 is 61.9 Å². The van der Waals surface area contributed by atoms with Gasteiger partial charge in [0, 0.05) is 33.8 Å².